The smallest absolute Gasteiger partial charge is 0.254 e. The van der Waals surface area contributed by atoms with E-state index in [1.165, 1.54) is 5.56 Å². The Labute approximate surface area is 146 Å². The molecule has 2 aliphatic heterocycles. The highest BCUT2D eigenvalue weighted by atomic mass is 16.5. The minimum Gasteiger partial charge on any atom is -0.493 e. The predicted molar refractivity (Wildman–Crippen MR) is 91.9 cm³/mol. The van der Waals surface area contributed by atoms with Crippen LogP contribution >= 0.6 is 0 Å². The van der Waals surface area contributed by atoms with Gasteiger partial charge in [0.2, 0.25) is 0 Å². The number of fused-ring (bicyclic) bond motifs is 4. The van der Waals surface area contributed by atoms with Crippen LogP contribution in [0, 0.1) is 11.3 Å². The minimum atomic E-state index is -0.00325. The molecule has 0 saturated heterocycles. The van der Waals surface area contributed by atoms with E-state index in [4.69, 9.17) is 14.7 Å². The number of hydrogen-bond acceptors (Lipinski definition) is 4. The van der Waals surface area contributed by atoms with E-state index < -0.39 is 0 Å². The molecular weight excluding hydrogens is 316 g/mol. The second kappa shape index (κ2) is 5.82. The van der Waals surface area contributed by atoms with Gasteiger partial charge in [0.1, 0.15) is 0 Å². The molecule has 1 atom stereocenters. The molecule has 0 spiro atoms. The summed E-state index contributed by atoms with van der Waals surface area (Å²) in [6.07, 6.45) is 1.53. The van der Waals surface area contributed by atoms with Crippen molar-refractivity contribution >= 4 is 5.91 Å². The number of carbonyl (C=O) groups excluding carboxylic acids is 1. The first-order valence-electron chi connectivity index (χ1n) is 8.25. The molecule has 4 rings (SSSR count). The van der Waals surface area contributed by atoms with E-state index in [-0.39, 0.29) is 11.9 Å². The molecule has 0 aromatic heterocycles. The van der Waals surface area contributed by atoms with Crippen LogP contribution in [-0.4, -0.2) is 31.6 Å². The molecule has 1 unspecified atom stereocenters. The Bertz CT molecular complexity index is 914. The van der Waals surface area contributed by atoms with Gasteiger partial charge in [-0.3, -0.25) is 4.79 Å². The van der Waals surface area contributed by atoms with Crippen molar-refractivity contribution in [2.45, 2.75) is 18.9 Å². The average molecular weight is 334 g/mol. The van der Waals surface area contributed by atoms with Gasteiger partial charge in [0.05, 0.1) is 31.9 Å². The Balaban J connectivity index is 1.81. The van der Waals surface area contributed by atoms with E-state index in [1.807, 2.05) is 23.1 Å². The van der Waals surface area contributed by atoms with Gasteiger partial charge in [-0.25, -0.2) is 0 Å². The largest absolute Gasteiger partial charge is 0.493 e. The highest BCUT2D eigenvalue weighted by molar-refractivity contribution is 5.97. The Morgan fingerprint density at radius 3 is 2.60 bits per heavy atom. The molecule has 5 nitrogen and oxygen atoms in total. The van der Waals surface area contributed by atoms with Crippen LogP contribution in [-0.2, 0) is 12.8 Å². The Hall–Kier alpha value is -3.00. The van der Waals surface area contributed by atoms with Crippen molar-refractivity contribution < 1.29 is 14.3 Å². The molecule has 2 heterocycles. The van der Waals surface area contributed by atoms with Crippen molar-refractivity contribution in [2.75, 3.05) is 20.8 Å². The van der Waals surface area contributed by atoms with Crippen LogP contribution in [0.2, 0.25) is 0 Å². The fraction of sp³-hybridized carbons (Fsp3) is 0.300. The van der Waals surface area contributed by atoms with Gasteiger partial charge in [-0.15, -0.1) is 0 Å². The zero-order chi connectivity index (χ0) is 17.6. The lowest BCUT2D eigenvalue weighted by Crippen LogP contribution is -2.44. The van der Waals surface area contributed by atoms with Crippen LogP contribution in [0.5, 0.6) is 11.5 Å². The average Bonchev–Trinajstić information content (AvgIpc) is 2.66. The van der Waals surface area contributed by atoms with Gasteiger partial charge in [0.15, 0.2) is 11.5 Å². The summed E-state index contributed by atoms with van der Waals surface area (Å²) < 4.78 is 10.8. The summed E-state index contributed by atoms with van der Waals surface area (Å²) in [5, 5.41) is 9.09. The van der Waals surface area contributed by atoms with Crippen molar-refractivity contribution in [3.05, 3.63) is 58.1 Å². The standard InChI is InChI=1S/C20H18N2O3/c1-24-18-9-14-5-6-22-17(15(14)10-19(18)25-2)8-13-4-3-12(11-21)7-16(13)20(22)23/h3-4,7,9-10,17H,5-6,8H2,1-2H3. The number of carbonyl (C=O) groups is 1. The summed E-state index contributed by atoms with van der Waals surface area (Å²) >= 11 is 0. The van der Waals surface area contributed by atoms with Crippen LogP contribution < -0.4 is 9.47 Å². The molecule has 0 radical (unpaired) electrons. The lowest BCUT2D eigenvalue weighted by Gasteiger charge is -2.41. The fourth-order valence-electron chi connectivity index (χ4n) is 3.88. The molecule has 0 bridgehead atoms. The van der Waals surface area contributed by atoms with Crippen molar-refractivity contribution in [3.8, 4) is 17.6 Å². The first-order chi connectivity index (χ1) is 12.2. The van der Waals surface area contributed by atoms with Gasteiger partial charge in [-0.1, -0.05) is 6.07 Å². The number of methoxy groups -OCH3 is 2. The number of rotatable bonds is 2. The zero-order valence-corrected chi connectivity index (χ0v) is 14.2. The van der Waals surface area contributed by atoms with Crippen LogP contribution in [0.1, 0.15) is 38.7 Å². The Morgan fingerprint density at radius 1 is 1.12 bits per heavy atom. The van der Waals surface area contributed by atoms with E-state index in [0.717, 1.165) is 29.7 Å². The first kappa shape index (κ1) is 15.5. The molecule has 0 aliphatic carbocycles. The molecule has 126 valence electrons. The third-order valence-corrected chi connectivity index (χ3v) is 5.15. The maximum atomic E-state index is 13.0. The van der Waals surface area contributed by atoms with Crippen LogP contribution in [0.15, 0.2) is 30.3 Å². The fourth-order valence-corrected chi connectivity index (χ4v) is 3.88. The number of hydrogen-bond donors (Lipinski definition) is 0. The normalized spacial score (nSPS) is 17.9. The lowest BCUT2D eigenvalue weighted by molar-refractivity contribution is 0.0631. The highest BCUT2D eigenvalue weighted by Crippen LogP contribution is 2.42. The Kier molecular flexibility index (Phi) is 3.61. The topological polar surface area (TPSA) is 62.6 Å². The summed E-state index contributed by atoms with van der Waals surface area (Å²) in [7, 11) is 3.25. The number of amides is 1. The maximum Gasteiger partial charge on any atom is 0.254 e. The van der Waals surface area contributed by atoms with Gasteiger partial charge in [0, 0.05) is 12.1 Å². The molecule has 2 aromatic rings. The highest BCUT2D eigenvalue weighted by Gasteiger charge is 2.37. The number of nitriles is 1. The van der Waals surface area contributed by atoms with Gasteiger partial charge < -0.3 is 14.4 Å². The van der Waals surface area contributed by atoms with Crippen LogP contribution in [0.3, 0.4) is 0 Å². The van der Waals surface area contributed by atoms with Gasteiger partial charge in [-0.05, 0) is 53.8 Å². The Morgan fingerprint density at radius 2 is 1.88 bits per heavy atom. The summed E-state index contributed by atoms with van der Waals surface area (Å²) in [4.78, 5) is 14.9. The molecule has 1 amide bonds. The maximum absolute atomic E-state index is 13.0. The minimum absolute atomic E-state index is 0.00325. The molecule has 5 heteroatoms. The number of nitrogens with zero attached hydrogens (tertiary/aromatic N) is 2. The van der Waals surface area contributed by atoms with Crippen LogP contribution in [0.25, 0.3) is 0 Å². The third-order valence-electron chi connectivity index (χ3n) is 5.15. The third kappa shape index (κ3) is 2.33. The first-order valence-corrected chi connectivity index (χ1v) is 8.25. The molecule has 2 aliphatic rings. The molecule has 25 heavy (non-hydrogen) atoms. The number of ether oxygens (including phenoxy) is 2. The number of benzene rings is 2. The van der Waals surface area contributed by atoms with Gasteiger partial charge >= 0.3 is 0 Å². The predicted octanol–water partition coefficient (Wildman–Crippen LogP) is 2.87. The van der Waals surface area contributed by atoms with E-state index in [9.17, 15) is 4.79 Å². The van der Waals surface area contributed by atoms with Gasteiger partial charge in [0.25, 0.3) is 5.91 Å². The monoisotopic (exact) mass is 334 g/mol. The molecule has 0 saturated carbocycles. The SMILES string of the molecule is COc1cc2c(cc1OC)C1Cc3ccc(C#N)cc3C(=O)N1CC2. The van der Waals surface area contributed by atoms with E-state index in [0.29, 0.717) is 23.4 Å². The summed E-state index contributed by atoms with van der Waals surface area (Å²) in [5.41, 5.74) is 4.48. The zero-order valence-electron chi connectivity index (χ0n) is 14.2. The molecule has 0 fully saturated rings. The van der Waals surface area contributed by atoms with E-state index in [2.05, 4.69) is 6.07 Å². The summed E-state index contributed by atoms with van der Waals surface area (Å²) in [6, 6.07) is 11.5. The molecule has 2 aromatic carbocycles. The van der Waals surface area contributed by atoms with Gasteiger partial charge in [-0.2, -0.15) is 5.26 Å². The second-order valence-electron chi connectivity index (χ2n) is 6.36. The van der Waals surface area contributed by atoms with Crippen molar-refractivity contribution in [2.24, 2.45) is 0 Å². The van der Waals surface area contributed by atoms with E-state index in [1.54, 1.807) is 26.4 Å². The second-order valence-corrected chi connectivity index (χ2v) is 6.36. The quantitative estimate of drug-likeness (QED) is 0.847. The summed E-state index contributed by atoms with van der Waals surface area (Å²) in [5.74, 6) is 1.40. The molecular formula is C20H18N2O3. The van der Waals surface area contributed by atoms with Crippen molar-refractivity contribution in [1.29, 1.82) is 5.26 Å². The lowest BCUT2D eigenvalue weighted by atomic mass is 9.83. The summed E-state index contributed by atoms with van der Waals surface area (Å²) in [6.45, 7) is 0.669. The van der Waals surface area contributed by atoms with Crippen molar-refractivity contribution in [1.82, 2.24) is 4.90 Å². The van der Waals surface area contributed by atoms with Crippen LogP contribution in [0.4, 0.5) is 0 Å². The van der Waals surface area contributed by atoms with Crippen molar-refractivity contribution in [3.63, 3.8) is 0 Å². The molecule has 0 N–H and O–H groups in total. The van der Waals surface area contributed by atoms with E-state index >= 15 is 0 Å².